The van der Waals surface area contributed by atoms with E-state index in [4.69, 9.17) is 14.6 Å². The summed E-state index contributed by atoms with van der Waals surface area (Å²) in [5.41, 5.74) is 2.61. The summed E-state index contributed by atoms with van der Waals surface area (Å²) in [6.07, 6.45) is 1.79. The highest BCUT2D eigenvalue weighted by molar-refractivity contribution is 8.18. The number of carboxylic acid groups (broad SMARTS) is 1. The summed E-state index contributed by atoms with van der Waals surface area (Å²) in [5, 5.41) is 9.56. The lowest BCUT2D eigenvalue weighted by atomic mass is 10.1. The van der Waals surface area contributed by atoms with Crippen LogP contribution < -0.4 is 9.47 Å². The molecule has 1 aliphatic rings. The fraction of sp³-hybridized carbons (Fsp3) is 0.148. The van der Waals surface area contributed by atoms with Crippen LogP contribution in [0.5, 0.6) is 11.5 Å². The first-order valence-electron chi connectivity index (χ1n) is 11.0. The van der Waals surface area contributed by atoms with Gasteiger partial charge in [0.1, 0.15) is 6.61 Å². The molecule has 0 saturated carbocycles. The van der Waals surface area contributed by atoms with Gasteiger partial charge in [0.05, 0.1) is 22.8 Å². The minimum atomic E-state index is -1.00. The molecular formula is C27H24N2O5S. The molecule has 1 fully saturated rings. The fourth-order valence-electron chi connectivity index (χ4n) is 3.33. The predicted octanol–water partition coefficient (Wildman–Crippen LogP) is 5.60. The Morgan fingerprint density at radius 3 is 2.46 bits per heavy atom. The number of likely N-dealkylation sites (N-methyl/N-ethyl adjacent to an activating group) is 1. The Morgan fingerprint density at radius 2 is 1.77 bits per heavy atom. The maximum atomic E-state index is 12.8. The van der Waals surface area contributed by atoms with Gasteiger partial charge >= 0.3 is 5.97 Å². The summed E-state index contributed by atoms with van der Waals surface area (Å²) >= 11 is 1.26. The third-order valence-corrected chi connectivity index (χ3v) is 6.21. The van der Waals surface area contributed by atoms with Gasteiger partial charge in [0.25, 0.3) is 5.91 Å². The van der Waals surface area contributed by atoms with Crippen LogP contribution in [0.15, 0.2) is 82.7 Å². The van der Waals surface area contributed by atoms with Crippen molar-refractivity contribution >= 4 is 40.6 Å². The normalized spacial score (nSPS) is 15.6. The summed E-state index contributed by atoms with van der Waals surface area (Å²) in [7, 11) is 1.66. The van der Waals surface area contributed by atoms with Crippen molar-refractivity contribution in [2.45, 2.75) is 13.5 Å². The van der Waals surface area contributed by atoms with Crippen LogP contribution in [0.3, 0.4) is 0 Å². The van der Waals surface area contributed by atoms with Gasteiger partial charge < -0.3 is 14.6 Å². The predicted molar refractivity (Wildman–Crippen MR) is 137 cm³/mol. The van der Waals surface area contributed by atoms with Crippen molar-refractivity contribution in [3.63, 3.8) is 0 Å². The number of aliphatic imine (C=N–C) groups is 1. The minimum Gasteiger partial charge on any atom is -0.490 e. The number of carbonyl (C=O) groups excluding carboxylic acids is 1. The SMILES string of the molecule is CCOc1cc(C=C2SC(=Nc3ccc(C(=O)O)cc3)N(C)C2=O)ccc1OCc1ccccc1. The van der Waals surface area contributed by atoms with Gasteiger partial charge in [-0.3, -0.25) is 9.69 Å². The van der Waals surface area contributed by atoms with Crippen LogP contribution in [0.2, 0.25) is 0 Å². The average Bonchev–Trinajstić information content (AvgIpc) is 3.12. The molecule has 0 aliphatic carbocycles. The van der Waals surface area contributed by atoms with E-state index in [1.165, 1.54) is 28.8 Å². The standard InChI is InChI=1S/C27H24N2O5S/c1-3-33-23-15-19(9-14-22(23)34-17-18-7-5-4-6-8-18)16-24-25(30)29(2)27(35-24)28-21-12-10-20(11-13-21)26(31)32/h4-16H,3,17H2,1-2H3,(H,31,32). The van der Waals surface area contributed by atoms with Crippen molar-refractivity contribution in [2.24, 2.45) is 4.99 Å². The molecule has 0 aromatic heterocycles. The molecule has 3 aromatic carbocycles. The lowest BCUT2D eigenvalue weighted by molar-refractivity contribution is -0.121. The zero-order valence-electron chi connectivity index (χ0n) is 19.3. The van der Waals surface area contributed by atoms with Crippen LogP contribution in [-0.2, 0) is 11.4 Å². The van der Waals surface area contributed by atoms with E-state index < -0.39 is 5.97 Å². The summed E-state index contributed by atoms with van der Waals surface area (Å²) in [6, 6.07) is 21.6. The zero-order valence-corrected chi connectivity index (χ0v) is 20.1. The topological polar surface area (TPSA) is 88.4 Å². The molecule has 178 valence electrons. The fourth-order valence-corrected chi connectivity index (χ4v) is 4.32. The molecule has 0 spiro atoms. The summed E-state index contributed by atoms with van der Waals surface area (Å²) in [6.45, 7) is 2.81. The Labute approximate surface area is 207 Å². The molecule has 1 heterocycles. The van der Waals surface area contributed by atoms with Crippen molar-refractivity contribution in [2.75, 3.05) is 13.7 Å². The summed E-state index contributed by atoms with van der Waals surface area (Å²) < 4.78 is 11.7. The first-order valence-corrected chi connectivity index (χ1v) is 11.8. The number of hydrogen-bond acceptors (Lipinski definition) is 6. The number of aromatic carboxylic acids is 1. The molecule has 3 aromatic rings. The quantitative estimate of drug-likeness (QED) is 0.416. The van der Waals surface area contributed by atoms with Gasteiger partial charge in [-0.05, 0) is 72.3 Å². The molecule has 0 bridgehead atoms. The highest BCUT2D eigenvalue weighted by atomic mass is 32.2. The van der Waals surface area contributed by atoms with Gasteiger partial charge in [-0.15, -0.1) is 0 Å². The number of carbonyl (C=O) groups is 2. The summed E-state index contributed by atoms with van der Waals surface area (Å²) in [5.74, 6) is 0.0690. The van der Waals surface area contributed by atoms with Gasteiger partial charge in [-0.2, -0.15) is 0 Å². The van der Waals surface area contributed by atoms with Crippen LogP contribution in [-0.4, -0.2) is 40.7 Å². The van der Waals surface area contributed by atoms with Crippen LogP contribution in [0.25, 0.3) is 6.08 Å². The van der Waals surface area contributed by atoms with E-state index in [9.17, 15) is 9.59 Å². The van der Waals surface area contributed by atoms with Gasteiger partial charge in [0.2, 0.25) is 0 Å². The van der Waals surface area contributed by atoms with Crippen molar-refractivity contribution in [1.29, 1.82) is 0 Å². The maximum absolute atomic E-state index is 12.8. The third kappa shape index (κ3) is 5.91. The van der Waals surface area contributed by atoms with Crippen molar-refractivity contribution < 1.29 is 24.2 Å². The van der Waals surface area contributed by atoms with E-state index in [0.29, 0.717) is 40.5 Å². The highest BCUT2D eigenvalue weighted by Gasteiger charge is 2.30. The molecular weight excluding hydrogens is 464 g/mol. The molecule has 35 heavy (non-hydrogen) atoms. The number of thioether (sulfide) groups is 1. The van der Waals surface area contributed by atoms with Gasteiger partial charge in [0.15, 0.2) is 16.7 Å². The van der Waals surface area contributed by atoms with E-state index in [-0.39, 0.29) is 11.5 Å². The second kappa shape index (κ2) is 10.9. The monoisotopic (exact) mass is 488 g/mol. The number of ether oxygens (including phenoxy) is 2. The van der Waals surface area contributed by atoms with Gasteiger partial charge in [0, 0.05) is 7.05 Å². The smallest absolute Gasteiger partial charge is 0.335 e. The van der Waals surface area contributed by atoms with E-state index in [1.807, 2.05) is 55.5 Å². The van der Waals surface area contributed by atoms with Crippen LogP contribution in [0, 0.1) is 0 Å². The van der Waals surface area contributed by atoms with Crippen molar-refractivity contribution in [3.05, 3.63) is 94.4 Å². The number of carboxylic acids is 1. The van der Waals surface area contributed by atoms with Gasteiger partial charge in [-0.25, -0.2) is 9.79 Å². The Bertz CT molecular complexity index is 1290. The Kier molecular flexibility index (Phi) is 7.52. The van der Waals surface area contributed by atoms with Crippen LogP contribution in [0.1, 0.15) is 28.4 Å². The van der Waals surface area contributed by atoms with Gasteiger partial charge in [-0.1, -0.05) is 36.4 Å². The minimum absolute atomic E-state index is 0.168. The van der Waals surface area contributed by atoms with E-state index in [1.54, 1.807) is 25.3 Å². The summed E-state index contributed by atoms with van der Waals surface area (Å²) in [4.78, 5) is 30.4. The molecule has 8 heteroatoms. The first kappa shape index (κ1) is 24.1. The Balaban J connectivity index is 1.53. The third-order valence-electron chi connectivity index (χ3n) is 5.15. The molecule has 4 rings (SSSR count). The number of hydrogen-bond donors (Lipinski definition) is 1. The average molecular weight is 489 g/mol. The van der Waals surface area contributed by atoms with E-state index >= 15 is 0 Å². The maximum Gasteiger partial charge on any atom is 0.335 e. The molecule has 0 radical (unpaired) electrons. The Hall–Kier alpha value is -4.04. The van der Waals surface area contributed by atoms with Crippen LogP contribution >= 0.6 is 11.8 Å². The number of nitrogens with zero attached hydrogens (tertiary/aromatic N) is 2. The highest BCUT2D eigenvalue weighted by Crippen LogP contribution is 2.35. The largest absolute Gasteiger partial charge is 0.490 e. The molecule has 1 saturated heterocycles. The van der Waals surface area contributed by atoms with Crippen molar-refractivity contribution in [3.8, 4) is 11.5 Å². The number of benzene rings is 3. The molecule has 0 atom stereocenters. The zero-order chi connectivity index (χ0) is 24.8. The number of amidine groups is 1. The van der Waals surface area contributed by atoms with E-state index in [0.717, 1.165) is 11.1 Å². The lowest BCUT2D eigenvalue weighted by Gasteiger charge is -2.13. The molecule has 0 unspecified atom stereocenters. The molecule has 1 N–H and O–H groups in total. The Morgan fingerprint density at radius 1 is 1.03 bits per heavy atom. The second-order valence-electron chi connectivity index (χ2n) is 7.63. The first-order chi connectivity index (χ1) is 16.9. The van der Waals surface area contributed by atoms with Crippen molar-refractivity contribution in [1.82, 2.24) is 4.90 Å². The lowest BCUT2D eigenvalue weighted by Crippen LogP contribution is -2.23. The van der Waals surface area contributed by atoms with E-state index in [2.05, 4.69) is 4.99 Å². The molecule has 1 amide bonds. The van der Waals surface area contributed by atoms with Crippen LogP contribution in [0.4, 0.5) is 5.69 Å². The number of rotatable bonds is 8. The number of amides is 1. The molecule has 7 nitrogen and oxygen atoms in total. The molecule has 1 aliphatic heterocycles. The second-order valence-corrected chi connectivity index (χ2v) is 8.64.